The van der Waals surface area contributed by atoms with E-state index in [-0.39, 0.29) is 5.54 Å². The maximum atomic E-state index is 5.82. The SMILES string of the molecule is Cc1cc(COCCN(C)C)oc1CNC(C)(C)C. The first-order chi connectivity index (χ1) is 8.78. The summed E-state index contributed by atoms with van der Waals surface area (Å²) in [5.74, 6) is 1.91. The normalized spacial score (nSPS) is 12.4. The van der Waals surface area contributed by atoms with Gasteiger partial charge in [0.15, 0.2) is 0 Å². The third-order valence-corrected chi connectivity index (χ3v) is 2.78. The van der Waals surface area contributed by atoms with Crippen molar-refractivity contribution in [1.82, 2.24) is 10.2 Å². The fraction of sp³-hybridized carbons (Fsp3) is 0.733. The Morgan fingerprint density at radius 3 is 2.58 bits per heavy atom. The molecule has 0 aliphatic heterocycles. The highest BCUT2D eigenvalue weighted by Gasteiger charge is 2.12. The van der Waals surface area contributed by atoms with Gasteiger partial charge < -0.3 is 19.4 Å². The summed E-state index contributed by atoms with van der Waals surface area (Å²) in [5, 5.41) is 3.43. The Morgan fingerprint density at radius 2 is 2.00 bits per heavy atom. The van der Waals surface area contributed by atoms with Crippen LogP contribution >= 0.6 is 0 Å². The second-order valence-corrected chi connectivity index (χ2v) is 6.28. The average Bonchev–Trinajstić information content (AvgIpc) is 2.61. The number of nitrogens with one attached hydrogen (secondary N) is 1. The van der Waals surface area contributed by atoms with Crippen LogP contribution in [-0.2, 0) is 17.9 Å². The van der Waals surface area contributed by atoms with Gasteiger partial charge in [-0.05, 0) is 53.4 Å². The smallest absolute Gasteiger partial charge is 0.130 e. The van der Waals surface area contributed by atoms with Crippen molar-refractivity contribution >= 4 is 0 Å². The van der Waals surface area contributed by atoms with Crippen molar-refractivity contribution in [2.24, 2.45) is 0 Å². The number of nitrogens with zero attached hydrogens (tertiary/aromatic N) is 1. The Bertz CT molecular complexity index is 378. The molecule has 1 heterocycles. The predicted octanol–water partition coefficient (Wildman–Crippen LogP) is 2.55. The summed E-state index contributed by atoms with van der Waals surface area (Å²) in [7, 11) is 4.08. The van der Waals surface area contributed by atoms with Gasteiger partial charge >= 0.3 is 0 Å². The molecule has 4 nitrogen and oxygen atoms in total. The first-order valence-corrected chi connectivity index (χ1v) is 6.83. The van der Waals surface area contributed by atoms with Gasteiger partial charge in [-0.25, -0.2) is 0 Å². The molecular formula is C15H28N2O2. The van der Waals surface area contributed by atoms with Crippen LogP contribution in [0.15, 0.2) is 10.5 Å². The molecule has 4 heteroatoms. The standard InChI is InChI=1S/C15H28N2O2/c1-12-9-13(11-18-8-7-17(5)6)19-14(12)10-16-15(2,3)4/h9,16H,7-8,10-11H2,1-6H3. The first-order valence-electron chi connectivity index (χ1n) is 6.83. The molecule has 19 heavy (non-hydrogen) atoms. The van der Waals surface area contributed by atoms with E-state index >= 15 is 0 Å². The van der Waals surface area contributed by atoms with Crippen LogP contribution in [0.2, 0.25) is 0 Å². The Morgan fingerprint density at radius 1 is 1.32 bits per heavy atom. The molecule has 0 saturated carbocycles. The lowest BCUT2D eigenvalue weighted by Gasteiger charge is -2.19. The average molecular weight is 268 g/mol. The van der Waals surface area contributed by atoms with E-state index in [4.69, 9.17) is 9.15 Å². The van der Waals surface area contributed by atoms with Crippen LogP contribution in [0.1, 0.15) is 37.9 Å². The number of rotatable bonds is 7. The largest absolute Gasteiger partial charge is 0.462 e. The van der Waals surface area contributed by atoms with Crippen LogP contribution < -0.4 is 5.32 Å². The molecular weight excluding hydrogens is 240 g/mol. The minimum absolute atomic E-state index is 0.0988. The number of hydrogen-bond donors (Lipinski definition) is 1. The van der Waals surface area contributed by atoms with E-state index in [9.17, 15) is 0 Å². The van der Waals surface area contributed by atoms with E-state index in [1.165, 1.54) is 5.56 Å². The highest BCUT2D eigenvalue weighted by atomic mass is 16.5. The molecule has 0 unspecified atom stereocenters. The lowest BCUT2D eigenvalue weighted by molar-refractivity contribution is 0.0917. The number of likely N-dealkylation sites (N-methyl/N-ethyl adjacent to an activating group) is 1. The summed E-state index contributed by atoms with van der Waals surface area (Å²) in [5.41, 5.74) is 1.28. The zero-order valence-electron chi connectivity index (χ0n) is 13.2. The first kappa shape index (κ1) is 16.2. The minimum atomic E-state index is 0.0988. The number of ether oxygens (including phenoxy) is 1. The zero-order valence-corrected chi connectivity index (χ0v) is 13.2. The van der Waals surface area contributed by atoms with Crippen LogP contribution in [0.5, 0.6) is 0 Å². The van der Waals surface area contributed by atoms with E-state index in [1.54, 1.807) is 0 Å². The highest BCUT2D eigenvalue weighted by molar-refractivity contribution is 5.19. The zero-order chi connectivity index (χ0) is 14.5. The number of furan rings is 1. The molecule has 0 radical (unpaired) electrons. The molecule has 0 spiro atoms. The van der Waals surface area contributed by atoms with Gasteiger partial charge in [-0.1, -0.05) is 0 Å². The molecule has 110 valence electrons. The topological polar surface area (TPSA) is 37.6 Å². The molecule has 0 amide bonds. The predicted molar refractivity (Wildman–Crippen MR) is 78.2 cm³/mol. The van der Waals surface area contributed by atoms with Crippen LogP contribution in [0.4, 0.5) is 0 Å². The molecule has 0 fully saturated rings. The van der Waals surface area contributed by atoms with Crippen molar-refractivity contribution < 1.29 is 9.15 Å². The van der Waals surface area contributed by atoms with Crippen LogP contribution in [0.3, 0.4) is 0 Å². The molecule has 0 aliphatic rings. The minimum Gasteiger partial charge on any atom is -0.462 e. The second-order valence-electron chi connectivity index (χ2n) is 6.28. The molecule has 0 saturated heterocycles. The van der Waals surface area contributed by atoms with Crippen molar-refractivity contribution in [3.05, 3.63) is 23.2 Å². The molecule has 0 bridgehead atoms. The fourth-order valence-corrected chi connectivity index (χ4v) is 1.60. The van der Waals surface area contributed by atoms with Crippen LogP contribution in [0.25, 0.3) is 0 Å². The summed E-state index contributed by atoms with van der Waals surface area (Å²) < 4.78 is 11.4. The fourth-order valence-electron chi connectivity index (χ4n) is 1.60. The van der Waals surface area contributed by atoms with Gasteiger partial charge in [-0.2, -0.15) is 0 Å². The second kappa shape index (κ2) is 7.08. The molecule has 0 aromatic carbocycles. The van der Waals surface area contributed by atoms with Crippen molar-refractivity contribution in [3.63, 3.8) is 0 Å². The van der Waals surface area contributed by atoms with E-state index in [1.807, 2.05) is 14.1 Å². The van der Waals surface area contributed by atoms with Gasteiger partial charge in [0.1, 0.15) is 18.1 Å². The maximum absolute atomic E-state index is 5.82. The molecule has 1 aromatic rings. The molecule has 1 rings (SSSR count). The third kappa shape index (κ3) is 6.76. The van der Waals surface area contributed by atoms with Gasteiger partial charge in [0.2, 0.25) is 0 Å². The van der Waals surface area contributed by atoms with Gasteiger partial charge in [-0.15, -0.1) is 0 Å². The summed E-state index contributed by atoms with van der Waals surface area (Å²) in [6.45, 7) is 11.5. The van der Waals surface area contributed by atoms with Gasteiger partial charge in [-0.3, -0.25) is 0 Å². The van der Waals surface area contributed by atoms with Gasteiger partial charge in [0, 0.05) is 12.1 Å². The summed E-state index contributed by atoms with van der Waals surface area (Å²) in [4.78, 5) is 2.10. The van der Waals surface area contributed by atoms with Crippen molar-refractivity contribution in [2.45, 2.75) is 46.4 Å². The van der Waals surface area contributed by atoms with E-state index in [0.29, 0.717) is 6.61 Å². The summed E-state index contributed by atoms with van der Waals surface area (Å²) in [6, 6.07) is 2.06. The summed E-state index contributed by atoms with van der Waals surface area (Å²) >= 11 is 0. The van der Waals surface area contributed by atoms with Gasteiger partial charge in [0.25, 0.3) is 0 Å². The van der Waals surface area contributed by atoms with Crippen molar-refractivity contribution in [2.75, 3.05) is 27.2 Å². The lowest BCUT2D eigenvalue weighted by Crippen LogP contribution is -2.35. The summed E-state index contributed by atoms with van der Waals surface area (Å²) in [6.07, 6.45) is 0. The van der Waals surface area contributed by atoms with Crippen LogP contribution in [0, 0.1) is 6.92 Å². The highest BCUT2D eigenvalue weighted by Crippen LogP contribution is 2.16. The Hall–Kier alpha value is -0.840. The van der Waals surface area contributed by atoms with Gasteiger partial charge in [0.05, 0.1) is 13.2 Å². The number of hydrogen-bond acceptors (Lipinski definition) is 4. The van der Waals surface area contributed by atoms with Crippen molar-refractivity contribution in [3.8, 4) is 0 Å². The third-order valence-electron chi connectivity index (χ3n) is 2.78. The van der Waals surface area contributed by atoms with E-state index < -0.39 is 0 Å². The molecule has 1 N–H and O–H groups in total. The molecule has 0 atom stereocenters. The van der Waals surface area contributed by atoms with E-state index in [0.717, 1.165) is 31.2 Å². The maximum Gasteiger partial charge on any atom is 0.130 e. The Balaban J connectivity index is 2.41. The number of aryl methyl sites for hydroxylation is 1. The van der Waals surface area contributed by atoms with Crippen molar-refractivity contribution in [1.29, 1.82) is 0 Å². The lowest BCUT2D eigenvalue weighted by atomic mass is 10.1. The molecule has 0 aliphatic carbocycles. The Labute approximate surface area is 117 Å². The Kier molecular flexibility index (Phi) is 6.04. The van der Waals surface area contributed by atoms with Crippen LogP contribution in [-0.4, -0.2) is 37.7 Å². The van der Waals surface area contributed by atoms with E-state index in [2.05, 4.69) is 44.0 Å². The monoisotopic (exact) mass is 268 g/mol. The quantitative estimate of drug-likeness (QED) is 0.771. The molecule has 1 aromatic heterocycles.